The van der Waals surface area contributed by atoms with Crippen molar-refractivity contribution in [2.24, 2.45) is 0 Å². The molecule has 0 radical (unpaired) electrons. The number of aliphatic carboxylic acids is 1. The van der Waals surface area contributed by atoms with E-state index in [-0.39, 0.29) is 5.69 Å². The molecule has 0 unspecified atom stereocenters. The topological polar surface area (TPSA) is 83.6 Å². The smallest absolute Gasteiger partial charge is 0.329 e. The van der Waals surface area contributed by atoms with Crippen LogP contribution >= 0.6 is 11.3 Å². The van der Waals surface area contributed by atoms with Gasteiger partial charge >= 0.3 is 5.97 Å². The van der Waals surface area contributed by atoms with Crippen molar-refractivity contribution in [3.63, 3.8) is 0 Å². The normalized spacial score (nSPS) is 11.3. The fourth-order valence-electron chi connectivity index (χ4n) is 1.45. The number of carboxylic acid groups (broad SMARTS) is 1. The summed E-state index contributed by atoms with van der Waals surface area (Å²) in [5.74, 6) is -0.935. The molecule has 0 saturated carbocycles. The van der Waals surface area contributed by atoms with Crippen LogP contribution in [0.25, 0.3) is 10.8 Å². The molecule has 0 aliphatic carbocycles. The van der Waals surface area contributed by atoms with E-state index in [0.717, 1.165) is 4.90 Å². The minimum Gasteiger partial charge on any atom is -0.480 e. The molecule has 0 fully saturated rings. The maximum atomic E-state index is 12.3. The van der Waals surface area contributed by atoms with Gasteiger partial charge in [0.2, 0.25) is 0 Å². The summed E-state index contributed by atoms with van der Waals surface area (Å²) in [6, 6.07) is 3.48. The zero-order valence-corrected chi connectivity index (χ0v) is 12.1. The van der Waals surface area contributed by atoms with Gasteiger partial charge in [0, 0.05) is 12.4 Å². The van der Waals surface area contributed by atoms with Crippen LogP contribution in [0.1, 0.15) is 24.3 Å². The highest BCUT2D eigenvalue weighted by Crippen LogP contribution is 2.25. The van der Waals surface area contributed by atoms with Crippen LogP contribution in [0, 0.1) is 0 Å². The van der Waals surface area contributed by atoms with E-state index in [1.807, 2.05) is 0 Å². The predicted octanol–water partition coefficient (Wildman–Crippen LogP) is 2.34. The van der Waals surface area contributed by atoms with Crippen molar-refractivity contribution in [1.82, 2.24) is 9.88 Å². The van der Waals surface area contributed by atoms with Gasteiger partial charge < -0.3 is 14.4 Å². The number of amides is 1. The van der Waals surface area contributed by atoms with Crippen molar-refractivity contribution in [2.45, 2.75) is 19.4 Å². The molecule has 2 aromatic heterocycles. The first-order valence-electron chi connectivity index (χ1n) is 5.85. The first-order chi connectivity index (χ1) is 9.34. The van der Waals surface area contributed by atoms with E-state index in [0.29, 0.717) is 10.8 Å². The van der Waals surface area contributed by atoms with E-state index >= 15 is 0 Å². The monoisotopic (exact) mass is 294 g/mol. The average Bonchev–Trinajstić information content (AvgIpc) is 3.06. The van der Waals surface area contributed by atoms with Gasteiger partial charge in [-0.15, -0.1) is 11.3 Å². The second-order valence-electron chi connectivity index (χ2n) is 4.74. The first kappa shape index (κ1) is 14.3. The number of hydrogen-bond acceptors (Lipinski definition) is 5. The van der Waals surface area contributed by atoms with E-state index in [9.17, 15) is 9.59 Å². The lowest BCUT2D eigenvalue weighted by atomic mass is 10.0. The van der Waals surface area contributed by atoms with E-state index in [1.54, 1.807) is 17.5 Å². The summed E-state index contributed by atoms with van der Waals surface area (Å²) >= 11 is 1.27. The highest BCUT2D eigenvalue weighted by molar-refractivity contribution is 7.13. The molecule has 0 atom stereocenters. The highest BCUT2D eigenvalue weighted by Gasteiger charge is 2.36. The van der Waals surface area contributed by atoms with Crippen LogP contribution in [0.2, 0.25) is 0 Å². The van der Waals surface area contributed by atoms with Crippen LogP contribution in [0.3, 0.4) is 0 Å². The summed E-state index contributed by atoms with van der Waals surface area (Å²) in [5.41, 5.74) is -1.09. The quantitative estimate of drug-likeness (QED) is 0.935. The van der Waals surface area contributed by atoms with Crippen molar-refractivity contribution in [1.29, 1.82) is 0 Å². The van der Waals surface area contributed by atoms with E-state index in [1.165, 1.54) is 38.5 Å². The number of likely N-dealkylation sites (N-methyl/N-ethyl adjacent to an activating group) is 1. The Labute approximate surface area is 119 Å². The molecule has 0 spiro atoms. The van der Waals surface area contributed by atoms with Crippen LogP contribution in [0.15, 0.2) is 28.2 Å². The Morgan fingerprint density at radius 2 is 2.15 bits per heavy atom. The maximum absolute atomic E-state index is 12.3. The third-order valence-electron chi connectivity index (χ3n) is 3.12. The first-order valence-corrected chi connectivity index (χ1v) is 6.73. The Morgan fingerprint density at radius 3 is 2.70 bits per heavy atom. The van der Waals surface area contributed by atoms with Gasteiger partial charge in [-0.05, 0) is 26.0 Å². The number of hydrogen-bond donors (Lipinski definition) is 1. The molecule has 106 valence electrons. The minimum atomic E-state index is -1.30. The Bertz CT molecular complexity index is 631. The van der Waals surface area contributed by atoms with Gasteiger partial charge in [0.15, 0.2) is 10.8 Å². The van der Waals surface area contributed by atoms with Crippen LogP contribution in [0.4, 0.5) is 0 Å². The molecule has 0 bridgehead atoms. The zero-order valence-electron chi connectivity index (χ0n) is 11.3. The molecule has 6 nitrogen and oxygen atoms in total. The second-order valence-corrected chi connectivity index (χ2v) is 5.60. The lowest BCUT2D eigenvalue weighted by Crippen LogP contribution is -2.50. The van der Waals surface area contributed by atoms with Crippen molar-refractivity contribution >= 4 is 23.2 Å². The lowest BCUT2D eigenvalue weighted by Gasteiger charge is -2.30. The SMILES string of the molecule is CN(C(=O)c1csc(-c2ccco2)n1)C(C)(C)C(=O)O. The van der Waals surface area contributed by atoms with Crippen LogP contribution in [-0.2, 0) is 4.79 Å². The van der Waals surface area contributed by atoms with E-state index in [4.69, 9.17) is 9.52 Å². The molecular weight excluding hydrogens is 280 g/mol. The number of carbonyl (C=O) groups is 2. The highest BCUT2D eigenvalue weighted by atomic mass is 32.1. The Morgan fingerprint density at radius 1 is 1.45 bits per heavy atom. The lowest BCUT2D eigenvalue weighted by molar-refractivity contribution is -0.147. The predicted molar refractivity (Wildman–Crippen MR) is 73.6 cm³/mol. The van der Waals surface area contributed by atoms with Gasteiger partial charge in [-0.3, -0.25) is 4.79 Å². The molecular formula is C13H14N2O4S. The molecule has 0 aliphatic rings. The fourth-order valence-corrected chi connectivity index (χ4v) is 2.21. The van der Waals surface area contributed by atoms with Crippen molar-refractivity contribution in [3.8, 4) is 10.8 Å². The Kier molecular flexibility index (Phi) is 3.63. The maximum Gasteiger partial charge on any atom is 0.329 e. The molecule has 20 heavy (non-hydrogen) atoms. The Hall–Kier alpha value is -2.15. The number of carbonyl (C=O) groups excluding carboxylic acids is 1. The van der Waals surface area contributed by atoms with Crippen molar-refractivity contribution in [2.75, 3.05) is 7.05 Å². The summed E-state index contributed by atoms with van der Waals surface area (Å²) in [7, 11) is 1.45. The molecule has 2 aromatic rings. The average molecular weight is 294 g/mol. The minimum absolute atomic E-state index is 0.207. The molecule has 2 heterocycles. The van der Waals surface area contributed by atoms with Gasteiger partial charge in [-0.1, -0.05) is 0 Å². The fraction of sp³-hybridized carbons (Fsp3) is 0.308. The summed E-state index contributed by atoms with van der Waals surface area (Å²) in [6.07, 6.45) is 1.53. The van der Waals surface area contributed by atoms with E-state index < -0.39 is 17.4 Å². The van der Waals surface area contributed by atoms with Gasteiger partial charge in [-0.25, -0.2) is 9.78 Å². The number of carboxylic acids is 1. The number of thiazole rings is 1. The third kappa shape index (κ3) is 2.44. The van der Waals surface area contributed by atoms with Gasteiger partial charge in [0.1, 0.15) is 11.2 Å². The van der Waals surface area contributed by atoms with Crippen LogP contribution in [0.5, 0.6) is 0 Å². The van der Waals surface area contributed by atoms with Crippen LogP contribution in [-0.4, -0.2) is 39.5 Å². The van der Waals surface area contributed by atoms with Crippen molar-refractivity contribution in [3.05, 3.63) is 29.5 Å². The number of aromatic nitrogens is 1. The van der Waals surface area contributed by atoms with Crippen molar-refractivity contribution < 1.29 is 19.1 Å². The van der Waals surface area contributed by atoms with Gasteiger partial charge in [0.25, 0.3) is 5.91 Å². The second kappa shape index (κ2) is 5.09. The summed E-state index contributed by atoms with van der Waals surface area (Å²) < 4.78 is 5.21. The number of nitrogens with zero attached hydrogens (tertiary/aromatic N) is 2. The molecule has 0 aromatic carbocycles. The largest absolute Gasteiger partial charge is 0.480 e. The van der Waals surface area contributed by atoms with Gasteiger partial charge in [0.05, 0.1) is 6.26 Å². The van der Waals surface area contributed by atoms with Crippen LogP contribution < -0.4 is 0 Å². The standard InChI is InChI=1S/C13H14N2O4S/c1-13(2,12(17)18)15(3)11(16)8-7-20-10(14-8)9-5-4-6-19-9/h4-7H,1-3H3,(H,17,18). The molecule has 2 rings (SSSR count). The number of rotatable bonds is 4. The Balaban J connectivity index is 2.24. The summed E-state index contributed by atoms with van der Waals surface area (Å²) in [5, 5.41) is 11.3. The number of furan rings is 1. The van der Waals surface area contributed by atoms with Gasteiger partial charge in [-0.2, -0.15) is 0 Å². The molecule has 1 N–H and O–H groups in total. The summed E-state index contributed by atoms with van der Waals surface area (Å²) in [6.45, 7) is 2.93. The zero-order chi connectivity index (χ0) is 14.9. The third-order valence-corrected chi connectivity index (χ3v) is 3.98. The molecule has 7 heteroatoms. The summed E-state index contributed by atoms with van der Waals surface area (Å²) in [4.78, 5) is 28.8. The molecule has 0 saturated heterocycles. The molecule has 1 amide bonds. The molecule has 0 aliphatic heterocycles. The van der Waals surface area contributed by atoms with E-state index in [2.05, 4.69) is 4.98 Å².